The zero-order valence-corrected chi connectivity index (χ0v) is 23.5. The van der Waals surface area contributed by atoms with Crippen molar-refractivity contribution < 1.29 is 27.8 Å². The maximum Gasteiger partial charge on any atom is 0.298 e. The Morgan fingerprint density at radius 2 is 1.85 bits per heavy atom. The summed E-state index contributed by atoms with van der Waals surface area (Å²) in [5.41, 5.74) is 3.05. The molecule has 1 atom stereocenters. The highest BCUT2D eigenvalue weighted by Crippen LogP contribution is 2.41. The second-order valence-corrected chi connectivity index (χ2v) is 11.1. The van der Waals surface area contributed by atoms with E-state index >= 15 is 4.39 Å². The molecule has 1 aromatic heterocycles. The number of benzene rings is 2. The number of fused-ring (bicyclic) bond motifs is 3. The number of hydrogen-bond donors (Lipinski definition) is 2. The molecule has 0 bridgehead atoms. The molecule has 2 heterocycles. The van der Waals surface area contributed by atoms with Crippen LogP contribution in [0, 0.1) is 12.7 Å². The summed E-state index contributed by atoms with van der Waals surface area (Å²) in [6.45, 7) is 4.34. The van der Waals surface area contributed by atoms with Crippen LogP contribution >= 0.6 is 0 Å². The SMILES string of the molecule is COCC1(O)CCN(c2cc3c(NC(C)c4cccc(C(F)(F)COC)c4F)nc(C)nc3c3c2CCC3)CC1. The van der Waals surface area contributed by atoms with Crippen LogP contribution in [0.5, 0.6) is 0 Å². The molecule has 2 aliphatic rings. The fraction of sp³-hybridized carbons (Fsp3) is 0.533. The summed E-state index contributed by atoms with van der Waals surface area (Å²) in [5.74, 6) is -3.30. The molecule has 1 unspecified atom stereocenters. The molecular weight excluding hydrogens is 521 g/mol. The first-order valence-electron chi connectivity index (χ1n) is 13.8. The number of halogens is 3. The largest absolute Gasteiger partial charge is 0.387 e. The second kappa shape index (κ2) is 11.1. The van der Waals surface area contributed by atoms with Gasteiger partial charge in [0.2, 0.25) is 0 Å². The molecule has 7 nitrogen and oxygen atoms in total. The van der Waals surface area contributed by atoms with Gasteiger partial charge in [-0.1, -0.05) is 12.1 Å². The standard InChI is InChI=1S/C30H37F3N4O3/c1-18(20-7-6-10-24(26(20)31)30(32,33)17-40-4)34-28-23-15-25(37-13-11-29(38,12-14-37)16-39-3)21-8-5-9-22(21)27(23)35-19(2)36-28/h6-7,10,15,18,38H,5,8-9,11-14,16-17H2,1-4H3,(H,34,35,36). The molecule has 0 spiro atoms. The van der Waals surface area contributed by atoms with Crippen molar-refractivity contribution in [3.63, 3.8) is 0 Å². The molecule has 3 aromatic rings. The molecule has 0 amide bonds. The minimum atomic E-state index is -3.45. The van der Waals surface area contributed by atoms with E-state index in [2.05, 4.69) is 26.0 Å². The number of alkyl halides is 2. The number of aliphatic hydroxyl groups is 1. The molecule has 0 radical (unpaired) electrons. The predicted octanol–water partition coefficient (Wildman–Crippen LogP) is 5.46. The Labute approximate surface area is 232 Å². The van der Waals surface area contributed by atoms with Gasteiger partial charge in [-0.3, -0.25) is 0 Å². The molecule has 2 aromatic carbocycles. The number of piperidine rings is 1. The molecular formula is C30H37F3N4O3. The zero-order chi connectivity index (χ0) is 28.7. The van der Waals surface area contributed by atoms with E-state index in [1.165, 1.54) is 23.3 Å². The van der Waals surface area contributed by atoms with Gasteiger partial charge in [0, 0.05) is 43.9 Å². The number of nitrogens with zero attached hydrogens (tertiary/aromatic N) is 3. The van der Waals surface area contributed by atoms with Crippen LogP contribution in [0.4, 0.5) is 24.7 Å². The molecule has 10 heteroatoms. The van der Waals surface area contributed by atoms with E-state index in [0.717, 1.165) is 49.0 Å². The van der Waals surface area contributed by atoms with Gasteiger partial charge < -0.3 is 24.8 Å². The first-order valence-corrected chi connectivity index (χ1v) is 13.8. The van der Waals surface area contributed by atoms with Gasteiger partial charge >= 0.3 is 0 Å². The Kier molecular flexibility index (Phi) is 7.96. The third-order valence-corrected chi connectivity index (χ3v) is 8.17. The van der Waals surface area contributed by atoms with Gasteiger partial charge in [-0.15, -0.1) is 0 Å². The van der Waals surface area contributed by atoms with Crippen LogP contribution in [0.1, 0.15) is 60.3 Å². The van der Waals surface area contributed by atoms with E-state index in [9.17, 15) is 13.9 Å². The number of anilines is 2. The minimum absolute atomic E-state index is 0.118. The molecule has 2 N–H and O–H groups in total. The molecule has 40 heavy (non-hydrogen) atoms. The van der Waals surface area contributed by atoms with Crippen molar-refractivity contribution in [2.45, 2.75) is 63.5 Å². The maximum absolute atomic E-state index is 15.4. The summed E-state index contributed by atoms with van der Waals surface area (Å²) < 4.78 is 54.4. The van der Waals surface area contributed by atoms with Crippen molar-refractivity contribution in [3.05, 3.63) is 58.2 Å². The highest BCUT2D eigenvalue weighted by atomic mass is 19.3. The topological polar surface area (TPSA) is 79.7 Å². The number of methoxy groups -OCH3 is 2. The quantitative estimate of drug-likeness (QED) is 0.361. The minimum Gasteiger partial charge on any atom is -0.387 e. The van der Waals surface area contributed by atoms with Crippen LogP contribution in [0.25, 0.3) is 10.9 Å². The van der Waals surface area contributed by atoms with E-state index in [1.54, 1.807) is 14.0 Å². The van der Waals surface area contributed by atoms with Crippen molar-refractivity contribution in [3.8, 4) is 0 Å². The highest BCUT2D eigenvalue weighted by Gasteiger charge is 2.37. The molecule has 1 aliphatic carbocycles. The molecule has 216 valence electrons. The second-order valence-electron chi connectivity index (χ2n) is 11.1. The van der Waals surface area contributed by atoms with Crippen molar-refractivity contribution in [1.29, 1.82) is 0 Å². The monoisotopic (exact) mass is 558 g/mol. The fourth-order valence-corrected chi connectivity index (χ4v) is 6.14. The van der Waals surface area contributed by atoms with Crippen LogP contribution in [0.15, 0.2) is 24.3 Å². The number of aryl methyl sites for hydroxylation is 2. The summed E-state index contributed by atoms with van der Waals surface area (Å²) in [6.07, 6.45) is 4.08. The normalized spacial score (nSPS) is 17.8. The highest BCUT2D eigenvalue weighted by molar-refractivity contribution is 5.96. The third kappa shape index (κ3) is 5.36. The van der Waals surface area contributed by atoms with Crippen LogP contribution in [0.2, 0.25) is 0 Å². The van der Waals surface area contributed by atoms with Gasteiger partial charge in [-0.25, -0.2) is 14.4 Å². The van der Waals surface area contributed by atoms with Crippen LogP contribution in [-0.4, -0.2) is 61.2 Å². The smallest absolute Gasteiger partial charge is 0.298 e. The lowest BCUT2D eigenvalue weighted by atomic mass is 9.91. The summed E-state index contributed by atoms with van der Waals surface area (Å²) >= 11 is 0. The molecule has 5 rings (SSSR count). The maximum atomic E-state index is 15.4. The average molecular weight is 559 g/mol. The first kappa shape index (κ1) is 28.6. The van der Waals surface area contributed by atoms with Crippen molar-refractivity contribution in [2.24, 2.45) is 0 Å². The number of ether oxygens (including phenoxy) is 2. The summed E-state index contributed by atoms with van der Waals surface area (Å²) in [5, 5.41) is 15.0. The van der Waals surface area contributed by atoms with Gasteiger partial charge in [0.15, 0.2) is 0 Å². The number of nitrogens with one attached hydrogen (secondary N) is 1. The van der Waals surface area contributed by atoms with Gasteiger partial charge in [-0.05, 0) is 69.2 Å². The Morgan fingerprint density at radius 1 is 1.12 bits per heavy atom. The van der Waals surface area contributed by atoms with E-state index in [-0.39, 0.29) is 5.56 Å². The Morgan fingerprint density at radius 3 is 2.55 bits per heavy atom. The zero-order valence-electron chi connectivity index (χ0n) is 23.5. The molecule has 1 fully saturated rings. The molecule has 1 aliphatic heterocycles. The van der Waals surface area contributed by atoms with Gasteiger partial charge in [-0.2, -0.15) is 8.78 Å². The summed E-state index contributed by atoms with van der Waals surface area (Å²) in [4.78, 5) is 11.8. The van der Waals surface area contributed by atoms with E-state index in [1.807, 2.05) is 6.92 Å². The Bertz CT molecular complexity index is 1390. The van der Waals surface area contributed by atoms with Crippen LogP contribution in [-0.2, 0) is 28.2 Å². The van der Waals surface area contributed by atoms with Gasteiger partial charge in [0.1, 0.15) is 24.1 Å². The lowest BCUT2D eigenvalue weighted by Crippen LogP contribution is -2.47. The lowest BCUT2D eigenvalue weighted by molar-refractivity contribution is -0.0722. The number of rotatable bonds is 9. The van der Waals surface area contributed by atoms with Gasteiger partial charge in [0.05, 0.1) is 29.3 Å². The first-order chi connectivity index (χ1) is 19.1. The van der Waals surface area contributed by atoms with E-state index in [4.69, 9.17) is 9.72 Å². The number of hydrogen-bond acceptors (Lipinski definition) is 7. The van der Waals surface area contributed by atoms with Crippen molar-refractivity contribution in [2.75, 3.05) is 50.7 Å². The Balaban J connectivity index is 1.52. The summed E-state index contributed by atoms with van der Waals surface area (Å²) in [6, 6.07) is 5.48. The number of aromatic nitrogens is 2. The van der Waals surface area contributed by atoms with Crippen LogP contribution in [0.3, 0.4) is 0 Å². The molecule has 1 saturated heterocycles. The van der Waals surface area contributed by atoms with Crippen molar-refractivity contribution >= 4 is 22.4 Å². The lowest BCUT2D eigenvalue weighted by Gasteiger charge is -2.39. The third-order valence-electron chi connectivity index (χ3n) is 8.17. The summed E-state index contributed by atoms with van der Waals surface area (Å²) in [7, 11) is 2.77. The molecule has 0 saturated carbocycles. The average Bonchev–Trinajstić information content (AvgIpc) is 3.39. The van der Waals surface area contributed by atoms with E-state index < -0.39 is 35.6 Å². The predicted molar refractivity (Wildman–Crippen MR) is 149 cm³/mol. The fourth-order valence-electron chi connectivity index (χ4n) is 6.14. The van der Waals surface area contributed by atoms with E-state index in [0.29, 0.717) is 44.2 Å². The Hall–Kier alpha value is -2.95. The van der Waals surface area contributed by atoms with Crippen LogP contribution < -0.4 is 10.2 Å². The van der Waals surface area contributed by atoms with Crippen molar-refractivity contribution in [1.82, 2.24) is 9.97 Å². The van der Waals surface area contributed by atoms with Gasteiger partial charge in [0.25, 0.3) is 5.92 Å².